The summed E-state index contributed by atoms with van der Waals surface area (Å²) in [4.78, 5) is 10.8. The Morgan fingerprint density at radius 3 is 2.79 bits per heavy atom. The van der Waals surface area contributed by atoms with Crippen LogP contribution in [0.1, 0.15) is 15.9 Å². The van der Waals surface area contributed by atoms with E-state index in [4.69, 9.17) is 10.2 Å². The summed E-state index contributed by atoms with van der Waals surface area (Å²) in [5.41, 5.74) is 0.523. The summed E-state index contributed by atoms with van der Waals surface area (Å²) in [6.45, 7) is -0.283. The molecule has 0 heterocycles. The molecular weight excluding hydrogens is 248 g/mol. The van der Waals surface area contributed by atoms with Gasteiger partial charge in [0, 0.05) is 10.0 Å². The summed E-state index contributed by atoms with van der Waals surface area (Å²) in [7, 11) is 0. The van der Waals surface area contributed by atoms with E-state index >= 15 is 0 Å². The highest BCUT2D eigenvalue weighted by molar-refractivity contribution is 9.10. The van der Waals surface area contributed by atoms with Gasteiger partial charge >= 0.3 is 5.97 Å². The predicted molar refractivity (Wildman–Crippen MR) is 55.1 cm³/mol. The zero-order valence-electron chi connectivity index (χ0n) is 7.12. The van der Waals surface area contributed by atoms with Crippen LogP contribution < -0.4 is 0 Å². The van der Waals surface area contributed by atoms with Crippen LogP contribution in [0.15, 0.2) is 22.7 Å². The fraction of sp³-hybridized carbons (Fsp3) is 0.100. The van der Waals surface area contributed by atoms with Gasteiger partial charge in [0.05, 0.1) is 5.56 Å². The van der Waals surface area contributed by atoms with E-state index in [0.29, 0.717) is 10.0 Å². The van der Waals surface area contributed by atoms with Crippen LogP contribution in [0.2, 0.25) is 0 Å². The number of benzene rings is 1. The summed E-state index contributed by atoms with van der Waals surface area (Å²) in [5, 5.41) is 17.3. The van der Waals surface area contributed by atoms with E-state index < -0.39 is 5.97 Å². The van der Waals surface area contributed by atoms with Gasteiger partial charge in [0.25, 0.3) is 0 Å². The third kappa shape index (κ3) is 2.59. The first-order valence-corrected chi connectivity index (χ1v) is 4.57. The van der Waals surface area contributed by atoms with Crippen molar-refractivity contribution in [3.05, 3.63) is 33.8 Å². The predicted octanol–water partition coefficient (Wildman–Crippen LogP) is 1.49. The van der Waals surface area contributed by atoms with Gasteiger partial charge in [0.15, 0.2) is 0 Å². The Balaban J connectivity index is 3.22. The number of carboxylic acids is 1. The maximum absolute atomic E-state index is 10.8. The Morgan fingerprint density at radius 2 is 2.21 bits per heavy atom. The van der Waals surface area contributed by atoms with Crippen LogP contribution in [0.5, 0.6) is 0 Å². The molecule has 1 aromatic carbocycles. The number of carbonyl (C=O) groups is 1. The minimum atomic E-state index is -1.03. The minimum Gasteiger partial charge on any atom is -0.478 e. The number of rotatable bonds is 1. The second-order valence-electron chi connectivity index (χ2n) is 2.45. The van der Waals surface area contributed by atoms with Crippen molar-refractivity contribution in [3.8, 4) is 11.8 Å². The van der Waals surface area contributed by atoms with Crippen LogP contribution in [-0.4, -0.2) is 22.8 Å². The monoisotopic (exact) mass is 254 g/mol. The SMILES string of the molecule is O=C(O)c1cc(Br)ccc1C#CCO. The van der Waals surface area contributed by atoms with E-state index in [1.165, 1.54) is 6.07 Å². The molecule has 0 saturated heterocycles. The minimum absolute atomic E-state index is 0.125. The van der Waals surface area contributed by atoms with Crippen molar-refractivity contribution in [2.45, 2.75) is 0 Å². The zero-order chi connectivity index (χ0) is 10.6. The topological polar surface area (TPSA) is 57.5 Å². The molecule has 0 unspecified atom stereocenters. The summed E-state index contributed by atoms with van der Waals surface area (Å²) >= 11 is 3.17. The van der Waals surface area contributed by atoms with Gasteiger partial charge in [-0.3, -0.25) is 0 Å². The lowest BCUT2D eigenvalue weighted by atomic mass is 10.1. The molecule has 0 spiro atoms. The zero-order valence-corrected chi connectivity index (χ0v) is 8.71. The van der Waals surface area contributed by atoms with Gasteiger partial charge in [-0.15, -0.1) is 0 Å². The van der Waals surface area contributed by atoms with Gasteiger partial charge in [-0.1, -0.05) is 27.8 Å². The average molecular weight is 255 g/mol. The lowest BCUT2D eigenvalue weighted by molar-refractivity contribution is 0.0696. The molecule has 0 aliphatic carbocycles. The fourth-order valence-corrected chi connectivity index (χ4v) is 1.30. The molecule has 4 heteroatoms. The van der Waals surface area contributed by atoms with E-state index in [9.17, 15) is 4.79 Å². The average Bonchev–Trinajstić information content (AvgIpc) is 2.15. The number of aromatic carboxylic acids is 1. The third-order valence-electron chi connectivity index (χ3n) is 1.51. The largest absolute Gasteiger partial charge is 0.478 e. The second-order valence-corrected chi connectivity index (χ2v) is 3.37. The maximum atomic E-state index is 10.8. The fourth-order valence-electron chi connectivity index (χ4n) is 0.937. The molecule has 1 aromatic rings. The molecule has 0 aliphatic rings. The number of carboxylic acid groups (broad SMARTS) is 1. The number of hydrogen-bond donors (Lipinski definition) is 2. The number of aliphatic hydroxyl groups is 1. The molecule has 2 N–H and O–H groups in total. The molecule has 3 nitrogen and oxygen atoms in total. The van der Waals surface area contributed by atoms with E-state index in [1.807, 2.05) is 0 Å². The first-order valence-electron chi connectivity index (χ1n) is 3.77. The van der Waals surface area contributed by atoms with Crippen LogP contribution in [-0.2, 0) is 0 Å². The van der Waals surface area contributed by atoms with Gasteiger partial charge in [-0.2, -0.15) is 0 Å². The summed E-state index contributed by atoms with van der Waals surface area (Å²) < 4.78 is 0.685. The van der Waals surface area contributed by atoms with E-state index in [0.717, 1.165) is 0 Å². The molecule has 0 saturated carbocycles. The van der Waals surface area contributed by atoms with Gasteiger partial charge in [0.1, 0.15) is 6.61 Å². The van der Waals surface area contributed by atoms with E-state index in [2.05, 4.69) is 27.8 Å². The van der Waals surface area contributed by atoms with Gasteiger partial charge in [0.2, 0.25) is 0 Å². The summed E-state index contributed by atoms with van der Waals surface area (Å²) in [5.74, 6) is 3.94. The highest BCUT2D eigenvalue weighted by Gasteiger charge is 2.08. The molecular formula is C10H7BrO3. The molecule has 0 bridgehead atoms. The van der Waals surface area contributed by atoms with Crippen molar-refractivity contribution in [2.75, 3.05) is 6.61 Å². The van der Waals surface area contributed by atoms with Crippen LogP contribution in [0.4, 0.5) is 0 Å². The highest BCUT2D eigenvalue weighted by Crippen LogP contribution is 2.15. The molecule has 72 valence electrons. The third-order valence-corrected chi connectivity index (χ3v) is 2.01. The Bertz CT molecular complexity index is 415. The van der Waals surface area contributed by atoms with Gasteiger partial charge in [-0.25, -0.2) is 4.79 Å². The molecule has 0 aromatic heterocycles. The number of aliphatic hydroxyl groups excluding tert-OH is 1. The normalized spacial score (nSPS) is 9.00. The highest BCUT2D eigenvalue weighted by atomic mass is 79.9. The van der Waals surface area contributed by atoms with Crippen molar-refractivity contribution >= 4 is 21.9 Å². The number of halogens is 1. The van der Waals surface area contributed by atoms with Gasteiger partial charge < -0.3 is 10.2 Å². The van der Waals surface area contributed by atoms with Crippen LogP contribution >= 0.6 is 15.9 Å². The maximum Gasteiger partial charge on any atom is 0.337 e. The smallest absolute Gasteiger partial charge is 0.337 e. The van der Waals surface area contributed by atoms with Gasteiger partial charge in [-0.05, 0) is 18.2 Å². The van der Waals surface area contributed by atoms with Crippen molar-refractivity contribution < 1.29 is 15.0 Å². The lowest BCUT2D eigenvalue weighted by Gasteiger charge is -1.99. The Kier molecular flexibility index (Phi) is 3.69. The standard InChI is InChI=1S/C10H7BrO3/c11-8-4-3-7(2-1-5-12)9(6-8)10(13)14/h3-4,6,12H,5H2,(H,13,14). The Hall–Kier alpha value is -1.31. The summed E-state index contributed by atoms with van der Waals surface area (Å²) in [6.07, 6.45) is 0. The molecule has 14 heavy (non-hydrogen) atoms. The van der Waals surface area contributed by atoms with Crippen LogP contribution in [0, 0.1) is 11.8 Å². The van der Waals surface area contributed by atoms with Crippen LogP contribution in [0.3, 0.4) is 0 Å². The number of hydrogen-bond acceptors (Lipinski definition) is 2. The molecule has 0 fully saturated rings. The first kappa shape index (κ1) is 10.8. The Labute approximate surface area is 89.5 Å². The van der Waals surface area contributed by atoms with Crippen molar-refractivity contribution in [1.82, 2.24) is 0 Å². The molecule has 0 atom stereocenters. The lowest BCUT2D eigenvalue weighted by Crippen LogP contribution is -1.99. The van der Waals surface area contributed by atoms with Crippen LogP contribution in [0.25, 0.3) is 0 Å². The molecule has 0 amide bonds. The summed E-state index contributed by atoms with van der Waals surface area (Å²) in [6, 6.07) is 4.77. The van der Waals surface area contributed by atoms with Crippen molar-refractivity contribution in [2.24, 2.45) is 0 Å². The second kappa shape index (κ2) is 4.80. The van der Waals surface area contributed by atoms with Crippen molar-refractivity contribution in [1.29, 1.82) is 0 Å². The molecule has 0 radical (unpaired) electrons. The molecule has 1 rings (SSSR count). The van der Waals surface area contributed by atoms with E-state index in [-0.39, 0.29) is 12.2 Å². The molecule has 0 aliphatic heterocycles. The van der Waals surface area contributed by atoms with E-state index in [1.54, 1.807) is 12.1 Å². The van der Waals surface area contributed by atoms with Crippen molar-refractivity contribution in [3.63, 3.8) is 0 Å². The quantitative estimate of drug-likeness (QED) is 0.747. The Morgan fingerprint density at radius 1 is 1.50 bits per heavy atom. The first-order chi connectivity index (χ1) is 6.65.